The van der Waals surface area contributed by atoms with Gasteiger partial charge in [0.15, 0.2) is 23.0 Å². The predicted molar refractivity (Wildman–Crippen MR) is 258 cm³/mol. The first-order valence-corrected chi connectivity index (χ1v) is 25.3. The summed E-state index contributed by atoms with van der Waals surface area (Å²) in [6.07, 6.45) is 8.55. The highest BCUT2D eigenvalue weighted by Crippen LogP contribution is 2.53. The highest BCUT2D eigenvalue weighted by atomic mass is 32.2. The molecule has 3 aromatic carbocycles. The van der Waals surface area contributed by atoms with Gasteiger partial charge in [0.2, 0.25) is 0 Å². The van der Waals surface area contributed by atoms with Gasteiger partial charge in [-0.3, -0.25) is 19.8 Å². The molecule has 5 aromatic rings. The Bertz CT molecular complexity index is 2840. The van der Waals surface area contributed by atoms with Crippen molar-refractivity contribution in [2.75, 3.05) is 55.4 Å². The van der Waals surface area contributed by atoms with Crippen LogP contribution in [0.4, 0.5) is 22.9 Å². The Balaban J connectivity index is 0.867. The first-order chi connectivity index (χ1) is 32.6. The van der Waals surface area contributed by atoms with Crippen LogP contribution in [0.5, 0.6) is 17.2 Å². The zero-order chi connectivity index (χ0) is 47.5. The minimum atomic E-state index is -4.70. The molecule has 1 spiro atoms. The summed E-state index contributed by atoms with van der Waals surface area (Å²) in [5.74, 6) is -0.209. The molecule has 360 valence electrons. The summed E-state index contributed by atoms with van der Waals surface area (Å²) in [6, 6.07) is 19.9. The third-order valence-electron chi connectivity index (χ3n) is 15.3. The van der Waals surface area contributed by atoms with Gasteiger partial charge in [0.1, 0.15) is 18.0 Å². The molecule has 18 heteroatoms. The number of hydrogen-bond acceptors (Lipinski definition) is 14. The summed E-state index contributed by atoms with van der Waals surface area (Å²) in [5, 5.41) is 26.8. The van der Waals surface area contributed by atoms with Crippen molar-refractivity contribution in [1.82, 2.24) is 19.6 Å². The number of benzene rings is 3. The number of nitrogen functional groups attached to an aromatic ring is 1. The Labute approximate surface area is 395 Å². The summed E-state index contributed by atoms with van der Waals surface area (Å²) in [4.78, 5) is 37.8. The summed E-state index contributed by atoms with van der Waals surface area (Å²) >= 11 is 0. The van der Waals surface area contributed by atoms with E-state index in [0.717, 1.165) is 69.1 Å². The Morgan fingerprint density at radius 2 is 1.78 bits per heavy atom. The van der Waals surface area contributed by atoms with Gasteiger partial charge in [-0.05, 0) is 111 Å². The number of H-pyrrole nitrogens is 1. The van der Waals surface area contributed by atoms with E-state index in [9.17, 15) is 28.4 Å². The van der Waals surface area contributed by atoms with Crippen molar-refractivity contribution in [3.05, 3.63) is 99.7 Å². The van der Waals surface area contributed by atoms with Crippen LogP contribution in [0.2, 0.25) is 0 Å². The molecule has 4 fully saturated rings. The van der Waals surface area contributed by atoms with Gasteiger partial charge >= 0.3 is 0 Å². The van der Waals surface area contributed by atoms with Gasteiger partial charge < -0.3 is 40.3 Å². The molecule has 17 nitrogen and oxygen atoms in total. The minimum absolute atomic E-state index is 0.0129. The number of nitro benzene ring substituents is 1. The van der Waals surface area contributed by atoms with Crippen LogP contribution < -0.4 is 30.1 Å². The first-order valence-electron chi connectivity index (χ1n) is 23.8. The van der Waals surface area contributed by atoms with Gasteiger partial charge in [0.05, 0.1) is 46.3 Å². The number of morpholine rings is 1. The fourth-order valence-corrected chi connectivity index (χ4v) is 12.3. The Hall–Kier alpha value is -5.95. The largest absolute Gasteiger partial charge is 0.489 e. The number of fused-ring (bicyclic) bond motifs is 2. The molecule has 0 radical (unpaired) electrons. The topological polar surface area (TPSA) is 228 Å². The highest BCUT2D eigenvalue weighted by Gasteiger charge is 2.50. The van der Waals surface area contributed by atoms with Gasteiger partial charge in [-0.25, -0.2) is 18.1 Å². The van der Waals surface area contributed by atoms with Crippen molar-refractivity contribution >= 4 is 49.8 Å². The quantitative estimate of drug-likeness (QED) is 0.0624. The van der Waals surface area contributed by atoms with Crippen LogP contribution in [0, 0.1) is 21.4 Å². The second-order valence-electron chi connectivity index (χ2n) is 20.1. The molecule has 2 saturated carbocycles. The van der Waals surface area contributed by atoms with E-state index in [1.54, 1.807) is 31.3 Å². The third kappa shape index (κ3) is 8.94. The standard InChI is InChI=1S/C50H60N8O9S/c1-30(2)36-6-4-5-7-37(36)41-29-65-21-20-57(41)34-26-50(27-34)15-18-56(19-16-50)33-8-9-38(42(23-33)67-44-22-32-12-17-52-47(32)54-46(44)51)48(59)55-68(63,64)35-24-40(58(61)62)45-43(25-35)66-28-39(53-45)31-10-13-49(3,60)14-11-31/h4-9,12,17,22-25,30-31,34,39,41,53,60H,10-11,13-16,18-21,26-29H2,1-3H3,(H,55,59)(H3,51,52,54)/t31?,39-,41+,49?/m1/s1. The predicted octanol–water partition coefficient (Wildman–Crippen LogP) is 8.02. The normalized spacial score (nSPS) is 24.2. The SMILES string of the molecule is CC(C)c1ccccc1[C@@H]1COCCN1C1CC2(CCN(c3ccc(C(=O)NS(=O)(=O)c4cc5c(c([N+](=O)[O-])c4)N[C@@H](C4CCC(C)(O)CC4)CO5)c(Oc4cc5cc[nH]c5nc4N)c3)CC2)C1. The van der Waals surface area contributed by atoms with Crippen molar-refractivity contribution in [1.29, 1.82) is 0 Å². The molecule has 5 aliphatic rings. The number of nitro groups is 1. The van der Waals surface area contributed by atoms with E-state index < -0.39 is 37.0 Å². The van der Waals surface area contributed by atoms with E-state index in [1.807, 2.05) is 6.07 Å². The molecule has 2 aliphatic carbocycles. The minimum Gasteiger partial charge on any atom is -0.489 e. The molecular weight excluding hydrogens is 889 g/mol. The molecule has 6 N–H and O–H groups in total. The smallest absolute Gasteiger partial charge is 0.297 e. The van der Waals surface area contributed by atoms with Crippen LogP contribution in [0.15, 0.2) is 77.8 Å². The summed E-state index contributed by atoms with van der Waals surface area (Å²) < 4.78 is 48.6. The number of nitrogens with one attached hydrogen (secondary N) is 3. The fourth-order valence-electron chi connectivity index (χ4n) is 11.3. The average molecular weight is 949 g/mol. The molecular formula is C50H60N8O9S. The number of amides is 1. The van der Waals surface area contributed by atoms with Crippen LogP contribution in [0.1, 0.15) is 106 Å². The molecule has 0 bridgehead atoms. The number of aliphatic hydroxyl groups is 1. The number of aromatic amines is 1. The Kier molecular flexibility index (Phi) is 12.0. The monoisotopic (exact) mass is 948 g/mol. The lowest BCUT2D eigenvalue weighted by Crippen LogP contribution is -2.58. The van der Waals surface area contributed by atoms with Gasteiger partial charge in [0.25, 0.3) is 21.6 Å². The van der Waals surface area contributed by atoms with Crippen molar-refractivity contribution in [3.8, 4) is 17.2 Å². The molecule has 68 heavy (non-hydrogen) atoms. The second kappa shape index (κ2) is 17.9. The lowest BCUT2D eigenvalue weighted by molar-refractivity contribution is -0.384. The van der Waals surface area contributed by atoms with Gasteiger partial charge in [0, 0.05) is 61.1 Å². The summed E-state index contributed by atoms with van der Waals surface area (Å²) in [7, 11) is -4.70. The molecule has 0 unspecified atom stereocenters. The number of piperidine rings is 1. The maximum atomic E-state index is 14.2. The molecule has 10 rings (SSSR count). The van der Waals surface area contributed by atoms with Crippen molar-refractivity contribution in [2.24, 2.45) is 11.3 Å². The van der Waals surface area contributed by atoms with Gasteiger partial charge in [-0.1, -0.05) is 38.1 Å². The molecule has 1 amide bonds. The number of anilines is 3. The number of ether oxygens (including phenoxy) is 3. The van der Waals surface area contributed by atoms with Crippen molar-refractivity contribution < 1.29 is 37.5 Å². The number of hydrogen-bond donors (Lipinski definition) is 5. The first kappa shape index (κ1) is 45.8. The number of nitrogens with zero attached hydrogens (tertiary/aromatic N) is 4. The number of nitrogens with two attached hydrogens (primary N) is 1. The van der Waals surface area contributed by atoms with Gasteiger partial charge in [-0.2, -0.15) is 0 Å². The zero-order valence-corrected chi connectivity index (χ0v) is 39.5. The van der Waals surface area contributed by atoms with E-state index in [1.165, 1.54) is 23.3 Å². The van der Waals surface area contributed by atoms with Crippen LogP contribution in [-0.2, 0) is 14.8 Å². The zero-order valence-electron chi connectivity index (χ0n) is 38.7. The van der Waals surface area contributed by atoms with E-state index in [2.05, 4.69) is 67.9 Å². The highest BCUT2D eigenvalue weighted by molar-refractivity contribution is 7.90. The van der Waals surface area contributed by atoms with Crippen LogP contribution in [0.3, 0.4) is 0 Å². The lowest BCUT2D eigenvalue weighted by atomic mass is 9.59. The summed E-state index contributed by atoms with van der Waals surface area (Å²) in [6.45, 7) is 10.4. The number of carbonyl (C=O) groups is 1. The Morgan fingerprint density at radius 1 is 1.01 bits per heavy atom. The fraction of sp³-hybridized carbons (Fsp3) is 0.480. The van der Waals surface area contributed by atoms with E-state index in [-0.39, 0.29) is 64.3 Å². The summed E-state index contributed by atoms with van der Waals surface area (Å²) in [5.41, 5.74) is 9.39. The second-order valence-corrected chi connectivity index (χ2v) is 21.8. The molecule has 5 heterocycles. The maximum absolute atomic E-state index is 14.2. The number of sulfonamides is 1. The number of rotatable bonds is 11. The van der Waals surface area contributed by atoms with Crippen LogP contribution >= 0.6 is 0 Å². The average Bonchev–Trinajstić information content (AvgIpc) is 3.77. The van der Waals surface area contributed by atoms with Gasteiger partial charge in [-0.15, -0.1) is 0 Å². The molecule has 2 saturated heterocycles. The van der Waals surface area contributed by atoms with Crippen LogP contribution in [-0.4, -0.2) is 96.4 Å². The van der Waals surface area contributed by atoms with Crippen molar-refractivity contribution in [3.63, 3.8) is 0 Å². The van der Waals surface area contributed by atoms with Crippen LogP contribution in [0.25, 0.3) is 11.0 Å². The number of pyridine rings is 1. The molecule has 3 aliphatic heterocycles. The van der Waals surface area contributed by atoms with E-state index in [0.29, 0.717) is 49.9 Å². The Morgan fingerprint density at radius 3 is 2.53 bits per heavy atom. The lowest BCUT2D eigenvalue weighted by Gasteiger charge is -2.57. The molecule has 2 aromatic heterocycles. The number of aromatic nitrogens is 2. The number of carbonyl (C=O) groups excluding carboxylic acids is 1. The van der Waals surface area contributed by atoms with Crippen molar-refractivity contribution in [2.45, 2.75) is 107 Å². The maximum Gasteiger partial charge on any atom is 0.297 e. The van der Waals surface area contributed by atoms with E-state index >= 15 is 0 Å². The third-order valence-corrected chi connectivity index (χ3v) is 16.6. The molecule has 2 atom stereocenters. The van der Waals surface area contributed by atoms with E-state index in [4.69, 9.17) is 19.9 Å².